The fraction of sp³-hybridized carbons (Fsp3) is 0.250. The van der Waals surface area contributed by atoms with E-state index in [0.29, 0.717) is 16.4 Å². The van der Waals surface area contributed by atoms with Gasteiger partial charge in [-0.25, -0.2) is 0 Å². The van der Waals surface area contributed by atoms with E-state index in [0.717, 1.165) is 0 Å². The van der Waals surface area contributed by atoms with Crippen LogP contribution in [0.2, 0.25) is 5.02 Å². The summed E-state index contributed by atoms with van der Waals surface area (Å²) in [6.07, 6.45) is 0. The summed E-state index contributed by atoms with van der Waals surface area (Å²) in [5, 5.41) is 7.86. The average molecular weight is 335 g/mol. The summed E-state index contributed by atoms with van der Waals surface area (Å²) in [7, 11) is 0. The number of hydrogen-bond acceptors (Lipinski definition) is 4. The molecule has 116 valence electrons. The van der Waals surface area contributed by atoms with Gasteiger partial charge in [-0.3, -0.25) is 14.4 Å². The quantitative estimate of drug-likeness (QED) is 0.635. The van der Waals surface area contributed by atoms with E-state index in [1.54, 1.807) is 12.1 Å². The van der Waals surface area contributed by atoms with Crippen LogP contribution in [0.25, 0.3) is 0 Å². The Hall–Kier alpha value is -1.83. The molecule has 0 saturated carbocycles. The van der Waals surface area contributed by atoms with Crippen LogP contribution in [-0.4, -0.2) is 30.8 Å². The third kappa shape index (κ3) is 6.94. The Morgan fingerprint density at radius 1 is 1.14 bits per heavy atom. The van der Waals surface area contributed by atoms with Crippen molar-refractivity contribution in [3.63, 3.8) is 0 Å². The Labute approximate surface area is 133 Å². The molecule has 1 rings (SSSR count). The molecule has 5 N–H and O–H groups in total. The summed E-state index contributed by atoms with van der Waals surface area (Å²) in [5.74, 6) is -1.17. The van der Waals surface area contributed by atoms with Crippen molar-refractivity contribution >= 4 is 53.1 Å². The Bertz CT molecular complexity index is 537. The van der Waals surface area contributed by atoms with Crippen molar-refractivity contribution in [2.45, 2.75) is 6.92 Å². The molecule has 0 saturated heterocycles. The van der Waals surface area contributed by atoms with Gasteiger partial charge in [0.25, 0.3) is 0 Å². The molecule has 0 aliphatic heterocycles. The predicted octanol–water partition coefficient (Wildman–Crippen LogP) is 0.734. The molecule has 1 aromatic rings. The minimum absolute atomic E-state index is 0. The summed E-state index contributed by atoms with van der Waals surface area (Å²) in [6.45, 7) is 0.942. The highest BCUT2D eigenvalue weighted by molar-refractivity contribution is 6.31. The van der Waals surface area contributed by atoms with Crippen molar-refractivity contribution in [1.82, 2.24) is 5.32 Å². The fourth-order valence-corrected chi connectivity index (χ4v) is 1.54. The summed E-state index contributed by atoms with van der Waals surface area (Å²) in [5.41, 5.74) is 5.86. The molecule has 0 aliphatic carbocycles. The van der Waals surface area contributed by atoms with Crippen LogP contribution in [0.5, 0.6) is 0 Å². The van der Waals surface area contributed by atoms with Crippen molar-refractivity contribution in [3.8, 4) is 0 Å². The molecule has 21 heavy (non-hydrogen) atoms. The first-order valence-electron chi connectivity index (χ1n) is 5.76. The molecule has 0 heterocycles. The van der Waals surface area contributed by atoms with Crippen molar-refractivity contribution in [3.05, 3.63) is 23.2 Å². The van der Waals surface area contributed by atoms with Crippen LogP contribution in [-0.2, 0) is 14.4 Å². The maximum Gasteiger partial charge on any atom is 0.243 e. The summed E-state index contributed by atoms with van der Waals surface area (Å²) in [6, 6.07) is 4.63. The molecule has 0 radical (unpaired) electrons. The highest BCUT2D eigenvalue weighted by Crippen LogP contribution is 2.25. The number of benzene rings is 1. The monoisotopic (exact) mass is 334 g/mol. The molecule has 0 bridgehead atoms. The van der Waals surface area contributed by atoms with Crippen molar-refractivity contribution in [2.24, 2.45) is 5.73 Å². The molecular weight excluding hydrogens is 319 g/mol. The number of hydrogen-bond donors (Lipinski definition) is 4. The summed E-state index contributed by atoms with van der Waals surface area (Å²) >= 11 is 5.82. The summed E-state index contributed by atoms with van der Waals surface area (Å²) < 4.78 is 0. The maximum atomic E-state index is 11.6. The normalized spacial score (nSPS) is 9.29. The van der Waals surface area contributed by atoms with E-state index in [2.05, 4.69) is 16.0 Å². The van der Waals surface area contributed by atoms with E-state index < -0.39 is 11.8 Å². The molecule has 7 nitrogen and oxygen atoms in total. The van der Waals surface area contributed by atoms with E-state index in [1.807, 2.05) is 0 Å². The molecular formula is C12H16Cl2N4O3. The van der Waals surface area contributed by atoms with Gasteiger partial charge in [0.05, 0.1) is 24.5 Å². The first-order chi connectivity index (χ1) is 9.42. The van der Waals surface area contributed by atoms with Crippen molar-refractivity contribution in [2.75, 3.05) is 23.7 Å². The van der Waals surface area contributed by atoms with Crippen LogP contribution in [0, 0.1) is 0 Å². The van der Waals surface area contributed by atoms with E-state index in [9.17, 15) is 14.4 Å². The highest BCUT2D eigenvalue weighted by Gasteiger charge is 2.09. The molecule has 0 aliphatic rings. The number of halogens is 2. The fourth-order valence-electron chi connectivity index (χ4n) is 1.36. The van der Waals surface area contributed by atoms with Crippen molar-refractivity contribution < 1.29 is 14.4 Å². The van der Waals surface area contributed by atoms with Gasteiger partial charge in [0.2, 0.25) is 17.7 Å². The van der Waals surface area contributed by atoms with Gasteiger partial charge in [-0.15, -0.1) is 12.4 Å². The minimum atomic E-state index is -0.444. The number of nitrogens with one attached hydrogen (secondary N) is 3. The number of amides is 3. The smallest absolute Gasteiger partial charge is 0.243 e. The number of carbonyl (C=O) groups is 3. The molecule has 0 fully saturated rings. The minimum Gasteiger partial charge on any atom is -0.346 e. The second-order valence-electron chi connectivity index (χ2n) is 3.90. The van der Waals surface area contributed by atoms with Gasteiger partial charge in [0.15, 0.2) is 0 Å². The number of carbonyl (C=O) groups excluding carboxylic acids is 3. The number of nitrogens with two attached hydrogens (primary N) is 1. The van der Waals surface area contributed by atoms with Gasteiger partial charge < -0.3 is 21.7 Å². The Morgan fingerprint density at radius 2 is 1.81 bits per heavy atom. The average Bonchev–Trinajstić information content (AvgIpc) is 2.38. The van der Waals surface area contributed by atoms with Crippen LogP contribution in [0.4, 0.5) is 11.4 Å². The lowest BCUT2D eigenvalue weighted by Gasteiger charge is -2.12. The summed E-state index contributed by atoms with van der Waals surface area (Å²) in [4.78, 5) is 33.7. The van der Waals surface area contributed by atoms with Gasteiger partial charge in [-0.2, -0.15) is 0 Å². The Morgan fingerprint density at radius 3 is 2.38 bits per heavy atom. The lowest BCUT2D eigenvalue weighted by atomic mass is 10.2. The topological polar surface area (TPSA) is 113 Å². The van der Waals surface area contributed by atoms with E-state index in [-0.39, 0.29) is 31.4 Å². The first kappa shape index (κ1) is 19.2. The zero-order valence-corrected chi connectivity index (χ0v) is 12.8. The van der Waals surface area contributed by atoms with Crippen LogP contribution in [0.15, 0.2) is 18.2 Å². The van der Waals surface area contributed by atoms with Crippen LogP contribution < -0.4 is 21.7 Å². The second-order valence-corrected chi connectivity index (χ2v) is 4.34. The van der Waals surface area contributed by atoms with Gasteiger partial charge in [-0.05, 0) is 18.2 Å². The van der Waals surface area contributed by atoms with Crippen LogP contribution >= 0.6 is 24.0 Å². The first-order valence-corrected chi connectivity index (χ1v) is 6.14. The highest BCUT2D eigenvalue weighted by atomic mass is 35.5. The zero-order chi connectivity index (χ0) is 15.1. The van der Waals surface area contributed by atoms with E-state index in [1.165, 1.54) is 13.0 Å². The van der Waals surface area contributed by atoms with Gasteiger partial charge in [-0.1, -0.05) is 11.6 Å². The van der Waals surface area contributed by atoms with Gasteiger partial charge in [0, 0.05) is 11.9 Å². The third-order valence-electron chi connectivity index (χ3n) is 2.20. The lowest BCUT2D eigenvalue weighted by molar-refractivity contribution is -0.123. The van der Waals surface area contributed by atoms with Crippen LogP contribution in [0.1, 0.15) is 6.92 Å². The van der Waals surface area contributed by atoms with Gasteiger partial charge >= 0.3 is 0 Å². The standard InChI is InChI=1S/C12H15ClN4O3.ClH/c1-7(18)16-10-4-8(13)2-3-9(10)17-12(20)6-15-11(19)5-14;/h2-4H,5-6,14H2,1H3,(H,15,19)(H,16,18)(H,17,20);1H. The Balaban J connectivity index is 0.00000400. The Kier molecular flexibility index (Phi) is 8.37. The maximum absolute atomic E-state index is 11.6. The number of rotatable bonds is 5. The predicted molar refractivity (Wildman–Crippen MR) is 83.7 cm³/mol. The second kappa shape index (κ2) is 9.17. The molecule has 1 aromatic carbocycles. The van der Waals surface area contributed by atoms with E-state index in [4.69, 9.17) is 17.3 Å². The van der Waals surface area contributed by atoms with E-state index >= 15 is 0 Å². The molecule has 9 heteroatoms. The molecule has 3 amide bonds. The molecule has 0 unspecified atom stereocenters. The zero-order valence-electron chi connectivity index (χ0n) is 11.2. The molecule has 0 aromatic heterocycles. The largest absolute Gasteiger partial charge is 0.346 e. The third-order valence-corrected chi connectivity index (χ3v) is 2.43. The van der Waals surface area contributed by atoms with Crippen LogP contribution in [0.3, 0.4) is 0 Å². The molecule has 0 atom stereocenters. The number of anilines is 2. The SMILES string of the molecule is CC(=O)Nc1cc(Cl)ccc1NC(=O)CNC(=O)CN.Cl. The lowest BCUT2D eigenvalue weighted by Crippen LogP contribution is -2.36. The molecule has 0 spiro atoms. The van der Waals surface area contributed by atoms with Crippen molar-refractivity contribution in [1.29, 1.82) is 0 Å². The van der Waals surface area contributed by atoms with Gasteiger partial charge in [0.1, 0.15) is 0 Å².